The van der Waals surface area contributed by atoms with Crippen molar-refractivity contribution >= 4 is 17.4 Å². The van der Waals surface area contributed by atoms with Gasteiger partial charge in [-0.3, -0.25) is 0 Å². The zero-order valence-electron chi connectivity index (χ0n) is 13.0. The fourth-order valence-corrected chi connectivity index (χ4v) is 3.51. The SMILES string of the molecule is CNc1nc(Cl)nc2c1C(C)(C)CCC2c1ccc(F)cc1. The molecule has 5 heteroatoms. The molecule has 1 N–H and O–H groups in total. The van der Waals surface area contributed by atoms with Gasteiger partial charge in [0.05, 0.1) is 5.69 Å². The van der Waals surface area contributed by atoms with Crippen molar-refractivity contribution in [3.05, 3.63) is 52.2 Å². The lowest BCUT2D eigenvalue weighted by Gasteiger charge is -2.37. The molecule has 1 aliphatic carbocycles. The third-order valence-electron chi connectivity index (χ3n) is 4.48. The zero-order chi connectivity index (χ0) is 15.9. The van der Waals surface area contributed by atoms with Gasteiger partial charge in [0.1, 0.15) is 11.6 Å². The number of hydrogen-bond donors (Lipinski definition) is 1. The van der Waals surface area contributed by atoms with Crippen LogP contribution in [0.4, 0.5) is 10.2 Å². The molecule has 22 heavy (non-hydrogen) atoms. The Kier molecular flexibility index (Phi) is 3.81. The van der Waals surface area contributed by atoms with Gasteiger partial charge < -0.3 is 5.32 Å². The standard InChI is InChI=1S/C17H19ClFN3/c1-17(2)9-8-12(10-4-6-11(19)7-5-10)14-13(17)15(20-3)22-16(18)21-14/h4-7,12H,8-9H2,1-3H3,(H,20,21,22). The van der Waals surface area contributed by atoms with E-state index >= 15 is 0 Å². The lowest BCUT2D eigenvalue weighted by molar-refractivity contribution is 0.404. The molecule has 1 heterocycles. The molecule has 1 aromatic carbocycles. The zero-order valence-corrected chi connectivity index (χ0v) is 13.7. The van der Waals surface area contributed by atoms with E-state index in [1.807, 2.05) is 19.2 Å². The highest BCUT2D eigenvalue weighted by Crippen LogP contribution is 2.47. The summed E-state index contributed by atoms with van der Waals surface area (Å²) in [7, 11) is 1.84. The van der Waals surface area contributed by atoms with Gasteiger partial charge in [-0.2, -0.15) is 0 Å². The maximum Gasteiger partial charge on any atom is 0.224 e. The highest BCUT2D eigenvalue weighted by atomic mass is 35.5. The Morgan fingerprint density at radius 2 is 1.91 bits per heavy atom. The van der Waals surface area contributed by atoms with Crippen LogP contribution in [0.25, 0.3) is 0 Å². The molecule has 0 amide bonds. The fraction of sp³-hybridized carbons (Fsp3) is 0.412. The van der Waals surface area contributed by atoms with E-state index in [0.717, 1.165) is 35.5 Å². The van der Waals surface area contributed by atoms with Crippen molar-refractivity contribution < 1.29 is 4.39 Å². The van der Waals surface area contributed by atoms with Gasteiger partial charge in [-0.05, 0) is 47.6 Å². The van der Waals surface area contributed by atoms with Crippen molar-refractivity contribution in [1.29, 1.82) is 0 Å². The number of anilines is 1. The third kappa shape index (κ3) is 2.56. The van der Waals surface area contributed by atoms with E-state index in [0.29, 0.717) is 0 Å². The van der Waals surface area contributed by atoms with Crippen molar-refractivity contribution in [1.82, 2.24) is 9.97 Å². The maximum atomic E-state index is 13.2. The Hall–Kier alpha value is -1.68. The van der Waals surface area contributed by atoms with Gasteiger partial charge in [0.15, 0.2) is 0 Å². The van der Waals surface area contributed by atoms with E-state index in [1.165, 1.54) is 12.1 Å². The van der Waals surface area contributed by atoms with Gasteiger partial charge in [0.2, 0.25) is 5.28 Å². The molecule has 1 aromatic heterocycles. The van der Waals surface area contributed by atoms with Gasteiger partial charge in [0, 0.05) is 18.5 Å². The minimum Gasteiger partial charge on any atom is -0.373 e. The summed E-state index contributed by atoms with van der Waals surface area (Å²) in [5.74, 6) is 0.680. The molecule has 1 aliphatic rings. The number of halogens is 2. The van der Waals surface area contributed by atoms with Crippen LogP contribution in [0.1, 0.15) is 49.4 Å². The van der Waals surface area contributed by atoms with Crippen LogP contribution < -0.4 is 5.32 Å². The van der Waals surface area contributed by atoms with Crippen LogP contribution in [0.3, 0.4) is 0 Å². The summed E-state index contributed by atoms with van der Waals surface area (Å²) in [4.78, 5) is 8.84. The second-order valence-corrected chi connectivity index (χ2v) is 6.72. The number of aromatic nitrogens is 2. The molecule has 0 bridgehead atoms. The molecule has 2 aromatic rings. The summed E-state index contributed by atoms with van der Waals surface area (Å²) < 4.78 is 13.2. The Balaban J connectivity index is 2.18. The van der Waals surface area contributed by atoms with Crippen LogP contribution in [0.5, 0.6) is 0 Å². The van der Waals surface area contributed by atoms with E-state index in [-0.39, 0.29) is 22.4 Å². The third-order valence-corrected chi connectivity index (χ3v) is 4.65. The summed E-state index contributed by atoms with van der Waals surface area (Å²) >= 11 is 6.11. The molecule has 116 valence electrons. The number of benzene rings is 1. The monoisotopic (exact) mass is 319 g/mol. The van der Waals surface area contributed by atoms with Crippen molar-refractivity contribution in [3.63, 3.8) is 0 Å². The van der Waals surface area contributed by atoms with Crippen LogP contribution in [0.15, 0.2) is 24.3 Å². The average molecular weight is 320 g/mol. The molecule has 1 unspecified atom stereocenters. The molecule has 0 saturated heterocycles. The predicted octanol–water partition coefficient (Wildman–Crippen LogP) is 4.51. The summed E-state index contributed by atoms with van der Waals surface area (Å²) in [6.07, 6.45) is 1.98. The van der Waals surface area contributed by atoms with Crippen LogP contribution in [0, 0.1) is 5.82 Å². The largest absolute Gasteiger partial charge is 0.373 e. The average Bonchev–Trinajstić information content (AvgIpc) is 2.47. The summed E-state index contributed by atoms with van der Waals surface area (Å²) in [6, 6.07) is 6.65. The molecule has 1 atom stereocenters. The first-order valence-corrected chi connectivity index (χ1v) is 7.81. The first-order chi connectivity index (χ1) is 10.4. The van der Waals surface area contributed by atoms with E-state index < -0.39 is 0 Å². The highest BCUT2D eigenvalue weighted by molar-refractivity contribution is 6.28. The van der Waals surface area contributed by atoms with Crippen LogP contribution in [0.2, 0.25) is 5.28 Å². The van der Waals surface area contributed by atoms with Gasteiger partial charge in [-0.25, -0.2) is 14.4 Å². The molecule has 0 radical (unpaired) electrons. The van der Waals surface area contributed by atoms with Gasteiger partial charge in [0.25, 0.3) is 0 Å². The van der Waals surface area contributed by atoms with Crippen molar-refractivity contribution in [3.8, 4) is 0 Å². The molecular weight excluding hydrogens is 301 g/mol. The Morgan fingerprint density at radius 1 is 1.23 bits per heavy atom. The number of nitrogens with one attached hydrogen (secondary N) is 1. The topological polar surface area (TPSA) is 37.8 Å². The van der Waals surface area contributed by atoms with Gasteiger partial charge in [-0.1, -0.05) is 26.0 Å². The fourth-order valence-electron chi connectivity index (χ4n) is 3.34. The molecule has 3 nitrogen and oxygen atoms in total. The first-order valence-electron chi connectivity index (χ1n) is 7.43. The highest BCUT2D eigenvalue weighted by Gasteiger charge is 2.37. The number of fused-ring (bicyclic) bond motifs is 1. The quantitative estimate of drug-likeness (QED) is 0.827. The smallest absolute Gasteiger partial charge is 0.224 e. The Morgan fingerprint density at radius 3 is 2.55 bits per heavy atom. The summed E-state index contributed by atoms with van der Waals surface area (Å²) in [5.41, 5.74) is 3.11. The maximum absolute atomic E-state index is 13.2. The van der Waals surface area contributed by atoms with Crippen LogP contribution >= 0.6 is 11.6 Å². The predicted molar refractivity (Wildman–Crippen MR) is 87.1 cm³/mol. The van der Waals surface area contributed by atoms with Crippen molar-refractivity contribution in [2.24, 2.45) is 0 Å². The van der Waals surface area contributed by atoms with E-state index in [9.17, 15) is 4.39 Å². The van der Waals surface area contributed by atoms with Crippen molar-refractivity contribution in [2.75, 3.05) is 12.4 Å². The van der Waals surface area contributed by atoms with Gasteiger partial charge in [-0.15, -0.1) is 0 Å². The number of nitrogens with zero attached hydrogens (tertiary/aromatic N) is 2. The lowest BCUT2D eigenvalue weighted by atomic mass is 9.69. The minimum atomic E-state index is -0.225. The molecule has 3 rings (SSSR count). The second kappa shape index (κ2) is 5.51. The lowest BCUT2D eigenvalue weighted by Crippen LogP contribution is -2.29. The van der Waals surface area contributed by atoms with E-state index in [4.69, 9.17) is 11.6 Å². The van der Waals surface area contributed by atoms with Crippen LogP contribution in [-0.2, 0) is 5.41 Å². The van der Waals surface area contributed by atoms with E-state index in [2.05, 4.69) is 29.1 Å². The number of hydrogen-bond acceptors (Lipinski definition) is 3. The molecule has 0 aliphatic heterocycles. The summed E-state index contributed by atoms with van der Waals surface area (Å²) in [5, 5.41) is 3.38. The Bertz CT molecular complexity index is 698. The normalized spacial score (nSPS) is 19.6. The van der Waals surface area contributed by atoms with Crippen LogP contribution in [-0.4, -0.2) is 17.0 Å². The Labute approximate surface area is 134 Å². The van der Waals surface area contributed by atoms with Gasteiger partial charge >= 0.3 is 0 Å². The summed E-state index contributed by atoms with van der Waals surface area (Å²) in [6.45, 7) is 4.40. The molecule has 0 saturated carbocycles. The molecule has 0 fully saturated rings. The first kappa shape index (κ1) is 15.2. The van der Waals surface area contributed by atoms with Crippen molar-refractivity contribution in [2.45, 2.75) is 38.0 Å². The second-order valence-electron chi connectivity index (χ2n) is 6.38. The minimum absolute atomic E-state index is 0.0191. The van der Waals surface area contributed by atoms with E-state index in [1.54, 1.807) is 0 Å². The number of rotatable bonds is 2. The molecular formula is C17H19ClFN3. The molecule has 0 spiro atoms.